The Kier molecular flexibility index (Phi) is 15.1. The molecule has 3 N–H and O–H groups in total. The van der Waals surface area contributed by atoms with E-state index in [1.165, 1.54) is 39.1 Å². The van der Waals surface area contributed by atoms with E-state index in [0.717, 1.165) is 0 Å². The summed E-state index contributed by atoms with van der Waals surface area (Å²) in [6.45, 7) is 8.37. The monoisotopic (exact) mass is 243 g/mol. The molecule has 0 spiro atoms. The van der Waals surface area contributed by atoms with Crippen molar-refractivity contribution in [2.45, 2.75) is 13.3 Å². The van der Waals surface area contributed by atoms with Crippen molar-refractivity contribution >= 4 is 29.2 Å². The van der Waals surface area contributed by atoms with Crippen LogP contribution in [0.25, 0.3) is 0 Å². The van der Waals surface area contributed by atoms with Crippen LogP contribution in [-0.2, 0) is 12.6 Å². The SMILES string of the molecule is CCCN1CCNCC1.NC(=S)[S-].[Na+]. The van der Waals surface area contributed by atoms with Crippen molar-refractivity contribution in [1.82, 2.24) is 10.2 Å². The molecule has 0 aliphatic carbocycles. The maximum Gasteiger partial charge on any atom is 1.00 e. The first-order valence-electron chi connectivity index (χ1n) is 4.56. The van der Waals surface area contributed by atoms with Gasteiger partial charge in [0.15, 0.2) is 0 Å². The topological polar surface area (TPSA) is 41.3 Å². The molecule has 0 amide bonds. The molecular formula is C8H18N3NaS2. The van der Waals surface area contributed by atoms with Crippen LogP contribution in [0.3, 0.4) is 0 Å². The van der Waals surface area contributed by atoms with Gasteiger partial charge in [0, 0.05) is 26.2 Å². The molecule has 0 atom stereocenters. The summed E-state index contributed by atoms with van der Waals surface area (Å²) < 4.78 is 0.0833. The third-order valence-corrected chi connectivity index (χ3v) is 1.75. The molecule has 0 bridgehead atoms. The summed E-state index contributed by atoms with van der Waals surface area (Å²) in [6, 6.07) is 0. The number of thiocarbonyl (C=S) groups is 1. The predicted molar refractivity (Wildman–Crippen MR) is 63.8 cm³/mol. The third-order valence-electron chi connectivity index (χ3n) is 1.75. The van der Waals surface area contributed by atoms with Gasteiger partial charge < -0.3 is 40.8 Å². The number of rotatable bonds is 2. The van der Waals surface area contributed by atoms with Crippen LogP contribution < -0.4 is 40.6 Å². The molecule has 0 radical (unpaired) electrons. The fourth-order valence-electron chi connectivity index (χ4n) is 1.25. The smallest absolute Gasteiger partial charge is 0.415 e. The van der Waals surface area contributed by atoms with E-state index in [-0.39, 0.29) is 33.9 Å². The molecule has 1 heterocycles. The summed E-state index contributed by atoms with van der Waals surface area (Å²) in [6.07, 6.45) is 1.29. The molecule has 6 heteroatoms. The van der Waals surface area contributed by atoms with Crippen molar-refractivity contribution < 1.29 is 29.6 Å². The van der Waals surface area contributed by atoms with Crippen molar-refractivity contribution in [2.24, 2.45) is 5.73 Å². The van der Waals surface area contributed by atoms with Gasteiger partial charge in [-0.3, -0.25) is 0 Å². The second-order valence-electron chi connectivity index (χ2n) is 2.91. The summed E-state index contributed by atoms with van der Waals surface area (Å²) in [5, 5.41) is 3.33. The number of nitrogens with two attached hydrogens (primary N) is 1. The van der Waals surface area contributed by atoms with E-state index in [1.54, 1.807) is 0 Å². The van der Waals surface area contributed by atoms with Crippen molar-refractivity contribution in [3.05, 3.63) is 0 Å². The van der Waals surface area contributed by atoms with Gasteiger partial charge in [-0.05, 0) is 13.0 Å². The van der Waals surface area contributed by atoms with E-state index in [0.29, 0.717) is 0 Å². The molecular weight excluding hydrogens is 225 g/mol. The minimum atomic E-state index is 0. The van der Waals surface area contributed by atoms with E-state index in [4.69, 9.17) is 0 Å². The Morgan fingerprint density at radius 2 is 1.93 bits per heavy atom. The van der Waals surface area contributed by atoms with Crippen LogP contribution in [0.5, 0.6) is 0 Å². The van der Waals surface area contributed by atoms with Gasteiger partial charge in [0.25, 0.3) is 0 Å². The van der Waals surface area contributed by atoms with Crippen molar-refractivity contribution in [2.75, 3.05) is 32.7 Å². The third kappa shape index (κ3) is 13.0. The van der Waals surface area contributed by atoms with E-state index in [1.807, 2.05) is 0 Å². The normalized spacial score (nSPS) is 16.1. The Balaban J connectivity index is 0. The fourth-order valence-corrected chi connectivity index (χ4v) is 1.25. The first-order valence-corrected chi connectivity index (χ1v) is 5.38. The van der Waals surface area contributed by atoms with Gasteiger partial charge in [-0.15, -0.1) is 0 Å². The first-order chi connectivity index (χ1) is 6.16. The number of hydrogen-bond acceptors (Lipinski definition) is 4. The maximum atomic E-state index is 4.66. The summed E-state index contributed by atoms with van der Waals surface area (Å²) in [5.74, 6) is 0. The van der Waals surface area contributed by atoms with Crippen LogP contribution in [0.15, 0.2) is 0 Å². The Hall–Kier alpha value is 1.03. The van der Waals surface area contributed by atoms with E-state index in [9.17, 15) is 0 Å². The second-order valence-corrected chi connectivity index (χ2v) is 4.05. The molecule has 1 aliphatic rings. The first kappa shape index (κ1) is 17.4. The maximum absolute atomic E-state index is 4.66. The number of piperazine rings is 1. The van der Waals surface area contributed by atoms with E-state index < -0.39 is 0 Å². The van der Waals surface area contributed by atoms with Crippen LogP contribution in [0, 0.1) is 0 Å². The average Bonchev–Trinajstić information content (AvgIpc) is 2.06. The van der Waals surface area contributed by atoms with Gasteiger partial charge in [-0.25, -0.2) is 0 Å². The second kappa shape index (κ2) is 12.1. The van der Waals surface area contributed by atoms with Crippen molar-refractivity contribution in [3.63, 3.8) is 0 Å². The molecule has 14 heavy (non-hydrogen) atoms. The summed E-state index contributed by atoms with van der Waals surface area (Å²) in [4.78, 5) is 2.51. The van der Waals surface area contributed by atoms with Gasteiger partial charge in [0.05, 0.1) is 0 Å². The molecule has 0 unspecified atom stereocenters. The Morgan fingerprint density at radius 1 is 1.50 bits per heavy atom. The molecule has 3 nitrogen and oxygen atoms in total. The Morgan fingerprint density at radius 3 is 2.29 bits per heavy atom. The quantitative estimate of drug-likeness (QED) is 0.309. The number of nitrogens with one attached hydrogen (secondary N) is 1. The standard InChI is InChI=1S/C7H16N2.CH3NS2.Na/c1-2-5-9-6-3-8-4-7-9;2-1(3)4;/h8H,2-7H2,1H3;(H3,2,3,4);/q;;+1/p-1. The fraction of sp³-hybridized carbons (Fsp3) is 0.875. The van der Waals surface area contributed by atoms with Crippen molar-refractivity contribution in [1.29, 1.82) is 0 Å². The molecule has 1 aliphatic heterocycles. The predicted octanol–water partition coefficient (Wildman–Crippen LogP) is -2.92. The summed E-state index contributed by atoms with van der Waals surface area (Å²) in [5.41, 5.74) is 4.66. The number of hydrogen-bond donors (Lipinski definition) is 2. The van der Waals surface area contributed by atoms with Gasteiger partial charge in [-0.1, -0.05) is 11.2 Å². The zero-order valence-corrected chi connectivity index (χ0v) is 12.7. The molecule has 1 saturated heterocycles. The molecule has 0 aromatic carbocycles. The largest absolute Gasteiger partial charge is 1.00 e. The zero-order valence-electron chi connectivity index (χ0n) is 9.08. The van der Waals surface area contributed by atoms with Gasteiger partial charge in [0.2, 0.25) is 0 Å². The molecule has 0 aromatic heterocycles. The minimum Gasteiger partial charge on any atom is -0.415 e. The van der Waals surface area contributed by atoms with E-state index >= 15 is 0 Å². The van der Waals surface area contributed by atoms with Crippen molar-refractivity contribution in [3.8, 4) is 0 Å². The molecule has 78 valence electrons. The van der Waals surface area contributed by atoms with Crippen LogP contribution in [-0.4, -0.2) is 41.9 Å². The Labute approximate surface area is 120 Å². The van der Waals surface area contributed by atoms with Gasteiger partial charge >= 0.3 is 29.6 Å². The van der Waals surface area contributed by atoms with Crippen LogP contribution >= 0.6 is 12.2 Å². The zero-order chi connectivity index (χ0) is 10.1. The average molecular weight is 243 g/mol. The summed E-state index contributed by atoms with van der Waals surface area (Å²) in [7, 11) is 0. The number of nitrogens with zero attached hydrogens (tertiary/aromatic N) is 1. The molecule has 0 aromatic rings. The molecule has 0 saturated carbocycles. The Bertz CT molecular complexity index is 134. The molecule has 1 rings (SSSR count). The minimum absolute atomic E-state index is 0. The molecule has 1 fully saturated rings. The van der Waals surface area contributed by atoms with Crippen LogP contribution in [0.4, 0.5) is 0 Å². The summed E-state index contributed by atoms with van der Waals surface area (Å²) >= 11 is 8.26. The van der Waals surface area contributed by atoms with Gasteiger partial charge in [-0.2, -0.15) is 0 Å². The van der Waals surface area contributed by atoms with Crippen LogP contribution in [0.1, 0.15) is 13.3 Å². The van der Waals surface area contributed by atoms with Gasteiger partial charge in [0.1, 0.15) is 0 Å². The van der Waals surface area contributed by atoms with E-state index in [2.05, 4.69) is 47.7 Å². The van der Waals surface area contributed by atoms with Crippen LogP contribution in [0.2, 0.25) is 0 Å².